The van der Waals surface area contributed by atoms with Crippen molar-refractivity contribution in [2.24, 2.45) is 0 Å². The van der Waals surface area contributed by atoms with Crippen molar-refractivity contribution in [1.82, 2.24) is 0 Å². The number of hydrogen-bond acceptors (Lipinski definition) is 0. The molecule has 0 aromatic heterocycles. The van der Waals surface area contributed by atoms with Crippen LogP contribution in [0.1, 0.15) is 40.5 Å². The Hall–Kier alpha value is -0.935. The summed E-state index contributed by atoms with van der Waals surface area (Å²) in [6.45, 7) is 8.54. The second kappa shape index (κ2) is 9.61. The minimum absolute atomic E-state index is 0.668. The van der Waals surface area contributed by atoms with Gasteiger partial charge in [0.15, 0.2) is 0 Å². The molecule has 1 radical (unpaired) electrons. The van der Waals surface area contributed by atoms with Crippen LogP contribution in [0.15, 0.2) is 41.6 Å². The fourth-order valence-corrected chi connectivity index (χ4v) is 0.998. The Balaban J connectivity index is 3.99. The smallest absolute Gasteiger partial charge is 0.122 e. The maximum atomic E-state index is 3.24. The highest BCUT2D eigenvalue weighted by Gasteiger charge is 1.95. The Labute approximate surface area is 95.7 Å². The summed E-state index contributed by atoms with van der Waals surface area (Å²) in [7, 11) is 2.23. The highest BCUT2D eigenvalue weighted by Crippen LogP contribution is 2.06. The summed E-state index contributed by atoms with van der Waals surface area (Å²) in [5, 5.41) is 0. The van der Waals surface area contributed by atoms with Gasteiger partial charge in [-0.2, -0.15) is 0 Å². The van der Waals surface area contributed by atoms with Crippen LogP contribution in [0.4, 0.5) is 0 Å². The van der Waals surface area contributed by atoms with E-state index in [1.165, 1.54) is 12.0 Å². The van der Waals surface area contributed by atoms with Crippen LogP contribution >= 0.6 is 0 Å². The second-order valence-corrected chi connectivity index (χ2v) is 3.77. The van der Waals surface area contributed by atoms with Gasteiger partial charge in [0, 0.05) is 0 Å². The van der Waals surface area contributed by atoms with Gasteiger partial charge in [-0.05, 0) is 31.9 Å². The van der Waals surface area contributed by atoms with Crippen LogP contribution in [0.25, 0.3) is 0 Å². The van der Waals surface area contributed by atoms with Gasteiger partial charge in [0.2, 0.25) is 0 Å². The van der Waals surface area contributed by atoms with E-state index in [0.29, 0.717) is 5.82 Å². The zero-order chi connectivity index (χ0) is 11.5. The third kappa shape index (κ3) is 9.37. The normalized spacial score (nSPS) is 12.8. The van der Waals surface area contributed by atoms with Crippen molar-refractivity contribution in [3.05, 3.63) is 41.6 Å². The molecule has 81 valence electrons. The van der Waals surface area contributed by atoms with Crippen molar-refractivity contribution in [3.63, 3.8) is 0 Å². The summed E-state index contributed by atoms with van der Waals surface area (Å²) in [4.78, 5) is 0. The van der Waals surface area contributed by atoms with Gasteiger partial charge in [0.1, 0.15) is 7.28 Å². The molecule has 15 heavy (non-hydrogen) atoms. The van der Waals surface area contributed by atoms with Gasteiger partial charge in [0.05, 0.1) is 0 Å². The van der Waals surface area contributed by atoms with Crippen molar-refractivity contribution in [2.45, 2.75) is 46.4 Å². The zero-order valence-electron chi connectivity index (χ0n) is 10.5. The molecule has 0 aromatic carbocycles. The fraction of sp³-hybridized carbons (Fsp3) is 0.500. The molecule has 0 fully saturated rings. The molecule has 0 saturated carbocycles. The maximum absolute atomic E-state index is 3.24. The predicted octanol–water partition coefficient (Wildman–Crippen LogP) is 4.49. The lowest BCUT2D eigenvalue weighted by Crippen LogP contribution is -1.93. The van der Waals surface area contributed by atoms with E-state index in [0.717, 1.165) is 6.42 Å². The van der Waals surface area contributed by atoms with Crippen molar-refractivity contribution in [2.75, 3.05) is 0 Å². The Morgan fingerprint density at radius 1 is 1.47 bits per heavy atom. The van der Waals surface area contributed by atoms with Crippen molar-refractivity contribution in [3.8, 4) is 0 Å². The molecule has 0 aliphatic rings. The van der Waals surface area contributed by atoms with Gasteiger partial charge in [-0.1, -0.05) is 44.3 Å². The van der Waals surface area contributed by atoms with Crippen LogP contribution in [-0.4, -0.2) is 7.28 Å². The van der Waals surface area contributed by atoms with E-state index in [1.54, 1.807) is 0 Å². The Bertz CT molecular complexity index is 265. The fourth-order valence-electron chi connectivity index (χ4n) is 0.998. The molecule has 0 spiro atoms. The largest absolute Gasteiger partial charge is 0.144 e. The van der Waals surface area contributed by atoms with Crippen LogP contribution in [-0.2, 0) is 0 Å². The Morgan fingerprint density at radius 3 is 2.80 bits per heavy atom. The van der Waals surface area contributed by atoms with Gasteiger partial charge >= 0.3 is 0 Å². The van der Waals surface area contributed by atoms with Crippen LogP contribution in [0, 0.1) is 0 Å². The standard InChI is InChI=1S/C14H22B/c1-5-7-8-9-10-13(3)11-12-15-14(4)6-2/h5,7,9,11-12,14H,6,8H2,1-4H3. The van der Waals surface area contributed by atoms with Crippen LogP contribution in [0.3, 0.4) is 0 Å². The SMILES string of the molecule is CC=CCC=C=C(C)C=C[B]C(C)CC. The first-order chi connectivity index (χ1) is 7.20. The third-order valence-corrected chi connectivity index (χ3v) is 2.25. The highest BCUT2D eigenvalue weighted by atomic mass is 13.8. The van der Waals surface area contributed by atoms with E-state index >= 15 is 0 Å². The highest BCUT2D eigenvalue weighted by molar-refractivity contribution is 6.43. The van der Waals surface area contributed by atoms with Crippen LogP contribution in [0.5, 0.6) is 0 Å². The minimum atomic E-state index is 0.668. The quantitative estimate of drug-likeness (QED) is 0.257. The van der Waals surface area contributed by atoms with Crippen LogP contribution in [0.2, 0.25) is 5.82 Å². The molecule has 0 amide bonds. The van der Waals surface area contributed by atoms with E-state index < -0.39 is 0 Å². The molecule has 1 atom stereocenters. The molecule has 0 bridgehead atoms. The Morgan fingerprint density at radius 2 is 2.20 bits per heavy atom. The van der Waals surface area contributed by atoms with Gasteiger partial charge in [-0.15, -0.1) is 11.7 Å². The van der Waals surface area contributed by atoms with E-state index in [9.17, 15) is 0 Å². The molecule has 0 aliphatic heterocycles. The van der Waals surface area contributed by atoms with Gasteiger partial charge in [-0.3, -0.25) is 0 Å². The lowest BCUT2D eigenvalue weighted by atomic mass is 9.64. The molecular formula is C14H22B. The minimum Gasteiger partial charge on any atom is -0.122 e. The summed E-state index contributed by atoms with van der Waals surface area (Å²) in [5.74, 6) is 2.79. The first-order valence-electron chi connectivity index (χ1n) is 5.75. The van der Waals surface area contributed by atoms with E-state index in [1.807, 2.05) is 6.92 Å². The lowest BCUT2D eigenvalue weighted by molar-refractivity contribution is 0.873. The van der Waals surface area contributed by atoms with E-state index in [-0.39, 0.29) is 0 Å². The summed E-state index contributed by atoms with van der Waals surface area (Å²) >= 11 is 0. The van der Waals surface area contributed by atoms with Gasteiger partial charge in [-0.25, -0.2) is 0 Å². The average Bonchev–Trinajstić information content (AvgIpc) is 2.24. The molecule has 0 saturated heterocycles. The number of allylic oxidation sites excluding steroid dienone is 4. The first-order valence-corrected chi connectivity index (χ1v) is 5.75. The van der Waals surface area contributed by atoms with E-state index in [2.05, 4.69) is 64.1 Å². The molecular weight excluding hydrogens is 179 g/mol. The van der Waals surface area contributed by atoms with E-state index in [4.69, 9.17) is 0 Å². The molecule has 0 aromatic rings. The third-order valence-electron chi connectivity index (χ3n) is 2.25. The second-order valence-electron chi connectivity index (χ2n) is 3.77. The lowest BCUT2D eigenvalue weighted by Gasteiger charge is -1.99. The van der Waals surface area contributed by atoms with Crippen LogP contribution < -0.4 is 0 Å². The molecule has 0 nitrogen and oxygen atoms in total. The molecule has 0 N–H and O–H groups in total. The summed E-state index contributed by atoms with van der Waals surface area (Å²) in [6, 6.07) is 0. The molecule has 0 heterocycles. The average molecular weight is 201 g/mol. The number of hydrogen-bond donors (Lipinski definition) is 0. The van der Waals surface area contributed by atoms with Gasteiger partial charge < -0.3 is 0 Å². The molecule has 1 unspecified atom stereocenters. The summed E-state index contributed by atoms with van der Waals surface area (Å²) < 4.78 is 0. The molecule has 0 rings (SSSR count). The zero-order valence-corrected chi connectivity index (χ0v) is 10.5. The monoisotopic (exact) mass is 201 g/mol. The topological polar surface area (TPSA) is 0 Å². The van der Waals surface area contributed by atoms with Crippen molar-refractivity contribution < 1.29 is 0 Å². The van der Waals surface area contributed by atoms with Crippen molar-refractivity contribution >= 4 is 7.28 Å². The van der Waals surface area contributed by atoms with Gasteiger partial charge in [0.25, 0.3) is 0 Å². The summed E-state index contributed by atoms with van der Waals surface area (Å²) in [5.41, 5.74) is 4.42. The summed E-state index contributed by atoms with van der Waals surface area (Å²) in [6.07, 6.45) is 10.5. The number of rotatable bonds is 6. The maximum Gasteiger partial charge on any atom is 0.144 e. The molecule has 0 aliphatic carbocycles. The first kappa shape index (κ1) is 14.1. The Kier molecular flexibility index (Phi) is 9.01. The van der Waals surface area contributed by atoms with Crippen molar-refractivity contribution in [1.29, 1.82) is 0 Å². The molecule has 1 heteroatoms. The predicted molar refractivity (Wildman–Crippen MR) is 71.3 cm³/mol.